The van der Waals surface area contributed by atoms with Crippen molar-refractivity contribution in [3.05, 3.63) is 12.1 Å². The normalized spacial score (nSPS) is 18.8. The Hall–Kier alpha value is -1.49. The van der Waals surface area contributed by atoms with Crippen LogP contribution in [-0.4, -0.2) is 38.4 Å². The van der Waals surface area contributed by atoms with Crippen molar-refractivity contribution in [3.63, 3.8) is 0 Å². The second-order valence-electron chi connectivity index (χ2n) is 6.23. The summed E-state index contributed by atoms with van der Waals surface area (Å²) < 4.78 is 11.2. The fourth-order valence-corrected chi connectivity index (χ4v) is 2.45. The van der Waals surface area contributed by atoms with E-state index in [1.54, 1.807) is 0 Å². The predicted molar refractivity (Wildman–Crippen MR) is 85.8 cm³/mol. The predicted octanol–water partition coefficient (Wildman–Crippen LogP) is 2.56. The fourth-order valence-electron chi connectivity index (χ4n) is 2.45. The number of ether oxygens (including phenoxy) is 2. The molecule has 0 spiro atoms. The first kappa shape index (κ1) is 15.9. The second kappa shape index (κ2) is 7.50. The van der Waals surface area contributed by atoms with Crippen molar-refractivity contribution in [3.8, 4) is 5.88 Å². The van der Waals surface area contributed by atoms with E-state index in [0.717, 1.165) is 32.0 Å². The summed E-state index contributed by atoms with van der Waals surface area (Å²) in [7, 11) is 2.05. The molecule has 0 aromatic carbocycles. The summed E-state index contributed by atoms with van der Waals surface area (Å²) in [6.45, 7) is 7.52. The van der Waals surface area contributed by atoms with E-state index in [9.17, 15) is 0 Å². The van der Waals surface area contributed by atoms with Crippen LogP contribution >= 0.6 is 0 Å². The first-order valence-electron chi connectivity index (χ1n) is 7.74. The molecule has 5 heteroatoms. The summed E-state index contributed by atoms with van der Waals surface area (Å²) >= 11 is 0. The van der Waals surface area contributed by atoms with E-state index >= 15 is 0 Å². The molecular weight excluding hydrogens is 266 g/mol. The monoisotopic (exact) mass is 293 g/mol. The minimum Gasteiger partial charge on any atom is -0.476 e. The molecule has 2 N–H and O–H groups in total. The Morgan fingerprint density at radius 1 is 1.48 bits per heavy atom. The molecule has 1 aromatic heterocycles. The van der Waals surface area contributed by atoms with Gasteiger partial charge in [-0.2, -0.15) is 4.98 Å². The third-order valence-electron chi connectivity index (χ3n) is 3.61. The maximum absolute atomic E-state index is 5.93. The minimum absolute atomic E-state index is 0.451. The first-order valence-corrected chi connectivity index (χ1v) is 7.74. The molecule has 1 atom stereocenters. The average Bonchev–Trinajstić information content (AvgIpc) is 2.47. The highest BCUT2D eigenvalue weighted by atomic mass is 16.5. The van der Waals surface area contributed by atoms with Crippen LogP contribution in [0.4, 0.5) is 11.5 Å². The van der Waals surface area contributed by atoms with E-state index in [4.69, 9.17) is 15.2 Å². The van der Waals surface area contributed by atoms with Crippen molar-refractivity contribution in [1.82, 2.24) is 4.98 Å². The Labute approximate surface area is 127 Å². The lowest BCUT2D eigenvalue weighted by Gasteiger charge is -2.28. The zero-order valence-electron chi connectivity index (χ0n) is 13.3. The van der Waals surface area contributed by atoms with Crippen molar-refractivity contribution in [1.29, 1.82) is 0 Å². The molecule has 1 fully saturated rings. The molecule has 1 saturated heterocycles. The summed E-state index contributed by atoms with van der Waals surface area (Å²) in [4.78, 5) is 6.70. The summed E-state index contributed by atoms with van der Waals surface area (Å²) in [6.07, 6.45) is 2.37. The molecule has 2 rings (SSSR count). The largest absolute Gasteiger partial charge is 0.476 e. The van der Waals surface area contributed by atoms with Crippen LogP contribution in [0.5, 0.6) is 5.88 Å². The fraction of sp³-hybridized carbons (Fsp3) is 0.688. The van der Waals surface area contributed by atoms with Crippen LogP contribution in [0.2, 0.25) is 0 Å². The number of rotatable bonds is 6. The van der Waals surface area contributed by atoms with Gasteiger partial charge in [-0.05, 0) is 36.8 Å². The van der Waals surface area contributed by atoms with E-state index in [1.807, 2.05) is 12.1 Å². The van der Waals surface area contributed by atoms with Gasteiger partial charge in [0, 0.05) is 20.2 Å². The Bertz CT molecular complexity index is 445. The number of hydrogen-bond donors (Lipinski definition) is 1. The number of aromatic nitrogens is 1. The molecule has 1 aromatic rings. The van der Waals surface area contributed by atoms with Crippen LogP contribution in [0.3, 0.4) is 0 Å². The highest BCUT2D eigenvalue weighted by Gasteiger charge is 2.17. The van der Waals surface area contributed by atoms with Gasteiger partial charge in [-0.1, -0.05) is 13.8 Å². The maximum Gasteiger partial charge on any atom is 0.239 e. The van der Waals surface area contributed by atoms with Crippen LogP contribution in [-0.2, 0) is 4.74 Å². The van der Waals surface area contributed by atoms with Crippen molar-refractivity contribution >= 4 is 11.5 Å². The van der Waals surface area contributed by atoms with Crippen molar-refractivity contribution < 1.29 is 9.47 Å². The zero-order valence-corrected chi connectivity index (χ0v) is 13.3. The molecule has 0 aliphatic carbocycles. The van der Waals surface area contributed by atoms with Gasteiger partial charge in [-0.25, -0.2) is 0 Å². The quantitative estimate of drug-likeness (QED) is 0.873. The second-order valence-corrected chi connectivity index (χ2v) is 6.23. The van der Waals surface area contributed by atoms with E-state index in [-0.39, 0.29) is 0 Å². The number of nitrogens with two attached hydrogens (primary N) is 1. The highest BCUT2D eigenvalue weighted by Crippen LogP contribution is 2.24. The lowest BCUT2D eigenvalue weighted by molar-refractivity contribution is 0.0576. The number of hydrogen-bond acceptors (Lipinski definition) is 5. The Balaban J connectivity index is 1.99. The van der Waals surface area contributed by atoms with Crippen LogP contribution in [0.15, 0.2) is 12.1 Å². The van der Waals surface area contributed by atoms with Crippen LogP contribution in [0, 0.1) is 11.8 Å². The lowest BCUT2D eigenvalue weighted by Crippen LogP contribution is -2.31. The number of nitrogen functional groups attached to an aromatic ring is 1. The number of nitrogens with zero attached hydrogens (tertiary/aromatic N) is 2. The van der Waals surface area contributed by atoms with E-state index in [1.165, 1.54) is 6.42 Å². The molecule has 118 valence electrons. The molecule has 0 amide bonds. The number of anilines is 2. The van der Waals surface area contributed by atoms with Crippen molar-refractivity contribution in [2.75, 3.05) is 44.0 Å². The van der Waals surface area contributed by atoms with Gasteiger partial charge in [-0.15, -0.1) is 0 Å². The summed E-state index contributed by atoms with van der Waals surface area (Å²) in [5.41, 5.74) is 6.53. The van der Waals surface area contributed by atoms with E-state index in [2.05, 4.69) is 30.8 Å². The lowest BCUT2D eigenvalue weighted by atomic mass is 10.0. The summed E-state index contributed by atoms with van der Waals surface area (Å²) in [5.74, 6) is 2.46. The van der Waals surface area contributed by atoms with Crippen LogP contribution in [0.25, 0.3) is 0 Å². The maximum atomic E-state index is 5.93. The molecule has 1 aliphatic heterocycles. The molecule has 0 radical (unpaired) electrons. The molecule has 2 heterocycles. The van der Waals surface area contributed by atoms with Gasteiger partial charge in [0.2, 0.25) is 5.88 Å². The van der Waals surface area contributed by atoms with Gasteiger partial charge in [0.25, 0.3) is 0 Å². The molecule has 5 nitrogen and oxygen atoms in total. The molecule has 21 heavy (non-hydrogen) atoms. The van der Waals surface area contributed by atoms with E-state index in [0.29, 0.717) is 30.0 Å². The first-order chi connectivity index (χ1) is 10.1. The Kier molecular flexibility index (Phi) is 5.67. The van der Waals surface area contributed by atoms with Gasteiger partial charge in [0.15, 0.2) is 0 Å². The van der Waals surface area contributed by atoms with Gasteiger partial charge < -0.3 is 20.1 Å². The minimum atomic E-state index is 0.451. The summed E-state index contributed by atoms with van der Waals surface area (Å²) in [6, 6.07) is 3.81. The van der Waals surface area contributed by atoms with Crippen molar-refractivity contribution in [2.24, 2.45) is 11.8 Å². The van der Waals surface area contributed by atoms with Gasteiger partial charge in [0.1, 0.15) is 5.82 Å². The van der Waals surface area contributed by atoms with Gasteiger partial charge >= 0.3 is 0 Å². The third-order valence-corrected chi connectivity index (χ3v) is 3.61. The van der Waals surface area contributed by atoms with Gasteiger partial charge in [0.05, 0.1) is 18.9 Å². The smallest absolute Gasteiger partial charge is 0.239 e. The van der Waals surface area contributed by atoms with Gasteiger partial charge in [-0.3, -0.25) is 0 Å². The molecule has 0 bridgehead atoms. The Morgan fingerprint density at radius 2 is 2.29 bits per heavy atom. The highest BCUT2D eigenvalue weighted by molar-refractivity contribution is 5.54. The zero-order chi connectivity index (χ0) is 15.2. The molecular formula is C16H27N3O2. The molecule has 1 unspecified atom stereocenters. The number of pyridine rings is 1. The van der Waals surface area contributed by atoms with Crippen LogP contribution in [0.1, 0.15) is 26.7 Å². The average molecular weight is 293 g/mol. The molecule has 1 aliphatic rings. The standard InChI is InChI=1S/C16H27N3O2/c1-12(2)10-21-16-14(17)6-7-15(18-16)19(3)9-13-5-4-8-20-11-13/h6-7,12-13H,4-5,8-11,17H2,1-3H3. The van der Waals surface area contributed by atoms with Crippen molar-refractivity contribution in [2.45, 2.75) is 26.7 Å². The molecule has 0 saturated carbocycles. The Morgan fingerprint density at radius 3 is 2.95 bits per heavy atom. The third kappa shape index (κ3) is 4.77. The van der Waals surface area contributed by atoms with Crippen LogP contribution < -0.4 is 15.4 Å². The van der Waals surface area contributed by atoms with E-state index < -0.39 is 0 Å². The topological polar surface area (TPSA) is 60.6 Å². The SMILES string of the molecule is CC(C)COc1nc(N(C)CC2CCCOC2)ccc1N. The summed E-state index contributed by atoms with van der Waals surface area (Å²) in [5, 5.41) is 0.